The second-order valence-electron chi connectivity index (χ2n) is 6.24. The standard InChI is InChI=1S/C23H16O/c1-2-7-17(8-3-1)22-12-13-23(24-22)19-14-18-11-10-16-6-4-5-9-20(16)21(18)15-19/h1-13,15H,14H2. The SMILES string of the molecule is C1=C(c2ccc(-c3ccccc3)o2)Cc2ccc3ccccc3c21. The lowest BCUT2D eigenvalue weighted by molar-refractivity contribution is 0.566. The minimum atomic E-state index is 0.923. The van der Waals surface area contributed by atoms with Crippen LogP contribution in [0.15, 0.2) is 83.3 Å². The quantitative estimate of drug-likeness (QED) is 0.430. The van der Waals surface area contributed by atoms with Crippen molar-refractivity contribution in [3.05, 3.63) is 95.7 Å². The fourth-order valence-electron chi connectivity index (χ4n) is 3.52. The Morgan fingerprint density at radius 1 is 0.667 bits per heavy atom. The van der Waals surface area contributed by atoms with Crippen molar-refractivity contribution in [3.63, 3.8) is 0 Å². The summed E-state index contributed by atoms with van der Waals surface area (Å²) >= 11 is 0. The van der Waals surface area contributed by atoms with E-state index in [1.165, 1.54) is 27.5 Å². The Labute approximate surface area is 140 Å². The molecule has 0 atom stereocenters. The maximum absolute atomic E-state index is 6.13. The number of rotatable bonds is 2. The van der Waals surface area contributed by atoms with Gasteiger partial charge in [-0.25, -0.2) is 0 Å². The molecule has 1 aliphatic rings. The van der Waals surface area contributed by atoms with Crippen LogP contribution in [0.4, 0.5) is 0 Å². The van der Waals surface area contributed by atoms with Crippen molar-refractivity contribution in [1.29, 1.82) is 0 Å². The first kappa shape index (κ1) is 13.4. The van der Waals surface area contributed by atoms with Crippen LogP contribution in [-0.2, 0) is 6.42 Å². The molecule has 0 N–H and O–H groups in total. The van der Waals surface area contributed by atoms with Gasteiger partial charge in [0.25, 0.3) is 0 Å². The first-order chi connectivity index (χ1) is 11.9. The summed E-state index contributed by atoms with van der Waals surface area (Å²) in [6, 6.07) is 27.4. The summed E-state index contributed by atoms with van der Waals surface area (Å²) in [7, 11) is 0. The molecule has 24 heavy (non-hydrogen) atoms. The lowest BCUT2D eigenvalue weighted by atomic mass is 10.0. The molecule has 114 valence electrons. The number of fused-ring (bicyclic) bond motifs is 3. The molecule has 4 aromatic rings. The van der Waals surface area contributed by atoms with Crippen LogP contribution < -0.4 is 0 Å². The highest BCUT2D eigenvalue weighted by Crippen LogP contribution is 2.37. The Kier molecular flexibility index (Phi) is 2.92. The summed E-state index contributed by atoms with van der Waals surface area (Å²) < 4.78 is 6.13. The van der Waals surface area contributed by atoms with Crippen LogP contribution in [0.5, 0.6) is 0 Å². The van der Waals surface area contributed by atoms with E-state index in [0.717, 1.165) is 23.5 Å². The molecule has 0 bridgehead atoms. The monoisotopic (exact) mass is 308 g/mol. The minimum absolute atomic E-state index is 0.923. The molecule has 0 amide bonds. The summed E-state index contributed by atoms with van der Waals surface area (Å²) in [5.41, 5.74) is 5.08. The highest BCUT2D eigenvalue weighted by Gasteiger charge is 2.18. The van der Waals surface area contributed by atoms with E-state index >= 15 is 0 Å². The first-order valence-corrected chi connectivity index (χ1v) is 8.25. The molecule has 1 heterocycles. The average molecular weight is 308 g/mol. The van der Waals surface area contributed by atoms with Crippen LogP contribution in [0.3, 0.4) is 0 Å². The van der Waals surface area contributed by atoms with Gasteiger partial charge in [0.05, 0.1) is 0 Å². The molecule has 1 aliphatic carbocycles. The molecule has 0 saturated carbocycles. The van der Waals surface area contributed by atoms with E-state index in [0.29, 0.717) is 0 Å². The predicted molar refractivity (Wildman–Crippen MR) is 99.7 cm³/mol. The smallest absolute Gasteiger partial charge is 0.134 e. The van der Waals surface area contributed by atoms with Gasteiger partial charge >= 0.3 is 0 Å². The second kappa shape index (κ2) is 5.24. The molecule has 0 aliphatic heterocycles. The summed E-state index contributed by atoms with van der Waals surface area (Å²) in [5.74, 6) is 1.89. The largest absolute Gasteiger partial charge is 0.456 e. The molecule has 0 unspecified atom stereocenters. The Hall–Kier alpha value is -3.06. The van der Waals surface area contributed by atoms with Crippen molar-refractivity contribution in [2.24, 2.45) is 0 Å². The number of hydrogen-bond acceptors (Lipinski definition) is 1. The van der Waals surface area contributed by atoms with E-state index in [1.54, 1.807) is 0 Å². The zero-order valence-electron chi connectivity index (χ0n) is 13.2. The lowest BCUT2D eigenvalue weighted by Crippen LogP contribution is -1.85. The van der Waals surface area contributed by atoms with Crippen molar-refractivity contribution in [1.82, 2.24) is 0 Å². The fraction of sp³-hybridized carbons (Fsp3) is 0.0435. The van der Waals surface area contributed by atoms with Crippen LogP contribution in [-0.4, -0.2) is 0 Å². The summed E-state index contributed by atoms with van der Waals surface area (Å²) in [5, 5.41) is 2.61. The van der Waals surface area contributed by atoms with Gasteiger partial charge in [0.15, 0.2) is 0 Å². The topological polar surface area (TPSA) is 13.1 Å². The molecule has 3 aromatic carbocycles. The normalized spacial score (nSPS) is 13.1. The van der Waals surface area contributed by atoms with Gasteiger partial charge in [0.1, 0.15) is 11.5 Å². The van der Waals surface area contributed by atoms with Gasteiger partial charge in [-0.15, -0.1) is 0 Å². The predicted octanol–water partition coefficient (Wildman–Crippen LogP) is 6.20. The fourth-order valence-corrected chi connectivity index (χ4v) is 3.52. The molecule has 1 nitrogen and oxygen atoms in total. The van der Waals surface area contributed by atoms with Gasteiger partial charge in [-0.2, -0.15) is 0 Å². The average Bonchev–Trinajstić information content (AvgIpc) is 3.29. The zero-order valence-corrected chi connectivity index (χ0v) is 13.2. The van der Waals surface area contributed by atoms with E-state index < -0.39 is 0 Å². The zero-order chi connectivity index (χ0) is 15.9. The van der Waals surface area contributed by atoms with Crippen molar-refractivity contribution >= 4 is 22.4 Å². The summed E-state index contributed by atoms with van der Waals surface area (Å²) in [4.78, 5) is 0. The van der Waals surface area contributed by atoms with Crippen molar-refractivity contribution in [2.45, 2.75) is 6.42 Å². The molecule has 0 fully saturated rings. The van der Waals surface area contributed by atoms with E-state index in [1.807, 2.05) is 18.2 Å². The maximum Gasteiger partial charge on any atom is 0.134 e. The van der Waals surface area contributed by atoms with Gasteiger partial charge in [0.2, 0.25) is 0 Å². The van der Waals surface area contributed by atoms with Crippen LogP contribution in [0.1, 0.15) is 16.9 Å². The second-order valence-corrected chi connectivity index (χ2v) is 6.24. The van der Waals surface area contributed by atoms with Gasteiger partial charge in [-0.1, -0.05) is 66.7 Å². The number of benzene rings is 3. The molecule has 1 heteroatoms. The van der Waals surface area contributed by atoms with Crippen LogP contribution in [0.25, 0.3) is 33.7 Å². The van der Waals surface area contributed by atoms with Gasteiger partial charge in [-0.3, -0.25) is 0 Å². The first-order valence-electron chi connectivity index (χ1n) is 8.25. The third-order valence-electron chi connectivity index (χ3n) is 4.74. The van der Waals surface area contributed by atoms with Gasteiger partial charge in [0, 0.05) is 12.0 Å². The Morgan fingerprint density at radius 2 is 1.46 bits per heavy atom. The number of allylic oxidation sites excluding steroid dienone is 1. The molecule has 0 spiro atoms. The highest BCUT2D eigenvalue weighted by molar-refractivity contribution is 6.00. The number of furan rings is 1. The molecule has 5 rings (SSSR count). The molecular formula is C23H16O. The van der Waals surface area contributed by atoms with Crippen LogP contribution in [0.2, 0.25) is 0 Å². The maximum atomic E-state index is 6.13. The number of hydrogen-bond donors (Lipinski definition) is 0. The lowest BCUT2D eigenvalue weighted by Gasteiger charge is -2.03. The summed E-state index contributed by atoms with van der Waals surface area (Å²) in [6.45, 7) is 0. The van der Waals surface area contributed by atoms with Crippen LogP contribution in [0, 0.1) is 0 Å². The minimum Gasteiger partial charge on any atom is -0.456 e. The van der Waals surface area contributed by atoms with E-state index in [9.17, 15) is 0 Å². The molecule has 0 saturated heterocycles. The van der Waals surface area contributed by atoms with E-state index in [2.05, 4.69) is 66.7 Å². The molecule has 1 aromatic heterocycles. The van der Waals surface area contributed by atoms with Gasteiger partial charge in [-0.05, 0) is 45.7 Å². The molecule has 0 radical (unpaired) electrons. The summed E-state index contributed by atoms with van der Waals surface area (Å²) in [6.07, 6.45) is 3.22. The highest BCUT2D eigenvalue weighted by atomic mass is 16.3. The van der Waals surface area contributed by atoms with Crippen LogP contribution >= 0.6 is 0 Å². The van der Waals surface area contributed by atoms with Crippen molar-refractivity contribution in [2.75, 3.05) is 0 Å². The third-order valence-corrected chi connectivity index (χ3v) is 4.74. The Morgan fingerprint density at radius 3 is 2.38 bits per heavy atom. The van der Waals surface area contributed by atoms with Crippen molar-refractivity contribution < 1.29 is 4.42 Å². The van der Waals surface area contributed by atoms with Crippen molar-refractivity contribution in [3.8, 4) is 11.3 Å². The Bertz CT molecular complexity index is 1070. The molecular weight excluding hydrogens is 292 g/mol. The van der Waals surface area contributed by atoms with Gasteiger partial charge < -0.3 is 4.42 Å². The third kappa shape index (κ3) is 2.10. The Balaban J connectivity index is 1.57. The van der Waals surface area contributed by atoms with E-state index in [4.69, 9.17) is 4.42 Å². The van der Waals surface area contributed by atoms with E-state index in [-0.39, 0.29) is 0 Å².